The van der Waals surface area contributed by atoms with E-state index in [0.717, 1.165) is 0 Å². The molecule has 12 nitrogen and oxygen atoms in total. The monoisotopic (exact) mass is 408 g/mol. The van der Waals surface area contributed by atoms with E-state index in [0.29, 0.717) is 0 Å². The maximum absolute atomic E-state index is 12.3. The molecule has 0 bridgehead atoms. The number of carboxylic acids is 1. The lowest BCUT2D eigenvalue weighted by atomic mass is 10.0. The summed E-state index contributed by atoms with van der Waals surface area (Å²) in [5, 5.41) is 15.9. The molecule has 0 spiro atoms. The van der Waals surface area contributed by atoms with Gasteiger partial charge in [0.1, 0.15) is 24.7 Å². The van der Waals surface area contributed by atoms with Gasteiger partial charge < -0.3 is 31.7 Å². The number of nitrogens with one attached hydrogen (secondary N) is 3. The van der Waals surface area contributed by atoms with E-state index in [1.54, 1.807) is 13.8 Å². The number of carbonyl (C=O) groups excluding carboxylic acids is 3. The first-order valence-corrected chi connectivity index (χ1v) is 9.17. The molecule has 0 saturated heterocycles. The Kier molecular flexibility index (Phi) is 11.3. The fourth-order valence-corrected chi connectivity index (χ4v) is 2.22. The van der Waals surface area contributed by atoms with Crippen molar-refractivity contribution in [3.8, 4) is 0 Å². The topological polar surface area (TPSA) is 200 Å². The van der Waals surface area contributed by atoms with Gasteiger partial charge in [-0.2, -0.15) is 0 Å². The van der Waals surface area contributed by atoms with Crippen LogP contribution in [0.5, 0.6) is 0 Å². The lowest BCUT2D eigenvalue weighted by Crippen LogP contribution is -2.57. The van der Waals surface area contributed by atoms with E-state index in [1.165, 1.54) is 6.92 Å². The second-order valence-electron chi connectivity index (χ2n) is 6.10. The number of amides is 3. The first-order valence-electron chi connectivity index (χ1n) is 8.08. The summed E-state index contributed by atoms with van der Waals surface area (Å²) >= 11 is 0. The van der Waals surface area contributed by atoms with Crippen LogP contribution in [0.25, 0.3) is 0 Å². The summed E-state index contributed by atoms with van der Waals surface area (Å²) in [5.41, 5.74) is 5.12. The number of carboxylic acid groups (broad SMARTS) is 1. The molecule has 0 fully saturated rings. The highest BCUT2D eigenvalue weighted by atomic mass is 31.1. The number of nitrogens with two attached hydrogens (primary N) is 1. The molecule has 0 aromatic carbocycles. The van der Waals surface area contributed by atoms with Gasteiger partial charge >= 0.3 is 14.2 Å². The van der Waals surface area contributed by atoms with Gasteiger partial charge in [-0.15, -0.1) is 4.52 Å². The van der Waals surface area contributed by atoms with Crippen molar-refractivity contribution in [1.29, 1.82) is 0 Å². The smallest absolute Gasteiger partial charge is 0.488 e. The SMILES string of the molecule is CC(C)C[C@H](NC(=O)[C@H](CO[P+](=O)[O-])NC(=O)[C@H](C)NC(=O)CN)C(=O)O. The molecule has 0 aliphatic heterocycles. The largest absolute Gasteiger partial charge is 0.566 e. The van der Waals surface area contributed by atoms with Crippen LogP contribution in [-0.4, -0.2) is 60.1 Å². The molecular weight excluding hydrogens is 383 g/mol. The normalized spacial score (nSPS) is 14.7. The summed E-state index contributed by atoms with van der Waals surface area (Å²) in [6.45, 7) is 3.76. The second kappa shape index (κ2) is 12.3. The molecule has 0 aromatic rings. The van der Waals surface area contributed by atoms with Gasteiger partial charge in [0.2, 0.25) is 17.7 Å². The van der Waals surface area contributed by atoms with Crippen molar-refractivity contribution in [3.63, 3.8) is 0 Å². The number of carbonyl (C=O) groups is 4. The molecular formula is C14H25N4O8P. The first kappa shape index (κ1) is 24.9. The Bertz CT molecular complexity index is 571. The fraction of sp³-hybridized carbons (Fsp3) is 0.714. The Balaban J connectivity index is 5.12. The number of rotatable bonds is 12. The van der Waals surface area contributed by atoms with E-state index in [9.17, 15) is 33.7 Å². The van der Waals surface area contributed by atoms with Gasteiger partial charge in [0.05, 0.1) is 6.54 Å². The van der Waals surface area contributed by atoms with Crippen LogP contribution >= 0.6 is 8.25 Å². The minimum absolute atomic E-state index is 0.0432. The van der Waals surface area contributed by atoms with Crippen LogP contribution in [0.4, 0.5) is 0 Å². The summed E-state index contributed by atoms with van der Waals surface area (Å²) in [4.78, 5) is 57.5. The molecule has 0 saturated carbocycles. The highest BCUT2D eigenvalue weighted by molar-refractivity contribution is 7.30. The maximum Gasteiger partial charge on any atom is 0.488 e. The molecule has 154 valence electrons. The van der Waals surface area contributed by atoms with Crippen LogP contribution in [-0.2, 0) is 28.3 Å². The second-order valence-corrected chi connectivity index (χ2v) is 6.81. The summed E-state index contributed by atoms with van der Waals surface area (Å²) in [6, 6.07) is -3.78. The Hall–Kier alpha value is -2.14. The van der Waals surface area contributed by atoms with Crippen molar-refractivity contribution in [2.45, 2.75) is 45.3 Å². The van der Waals surface area contributed by atoms with Crippen LogP contribution in [0, 0.1) is 5.92 Å². The van der Waals surface area contributed by atoms with Crippen LogP contribution in [0.2, 0.25) is 0 Å². The molecule has 27 heavy (non-hydrogen) atoms. The predicted octanol–water partition coefficient (Wildman–Crippen LogP) is -2.42. The number of aliphatic carboxylic acids is 1. The summed E-state index contributed by atoms with van der Waals surface area (Å²) in [6.07, 6.45) is 0.126. The summed E-state index contributed by atoms with van der Waals surface area (Å²) in [5.74, 6) is -3.68. The average Bonchev–Trinajstić information content (AvgIpc) is 2.56. The van der Waals surface area contributed by atoms with Crippen LogP contribution in [0.15, 0.2) is 0 Å². The molecule has 0 aromatic heterocycles. The maximum atomic E-state index is 12.3. The standard InChI is InChI=1S/C14H25N4O8P/c1-7(2)4-9(14(22)23)17-13(21)10(6-26-27(24)25)18-12(20)8(3)16-11(19)5-15/h7-10H,4-6,15H2,1-3H3,(H,16,19)(H,17,21)(H,18,20)(H,22,23)/t8-,9-,10-/m0/s1. The van der Waals surface area contributed by atoms with Gasteiger partial charge in [-0.3, -0.25) is 14.4 Å². The predicted molar refractivity (Wildman–Crippen MR) is 91.2 cm³/mol. The van der Waals surface area contributed by atoms with Gasteiger partial charge in [0, 0.05) is 0 Å². The van der Waals surface area contributed by atoms with Crippen molar-refractivity contribution in [3.05, 3.63) is 0 Å². The Labute approximate surface area is 157 Å². The summed E-state index contributed by atoms with van der Waals surface area (Å²) < 4.78 is 15.0. The molecule has 0 aliphatic carbocycles. The van der Waals surface area contributed by atoms with Gasteiger partial charge in [-0.25, -0.2) is 4.79 Å². The molecule has 4 atom stereocenters. The van der Waals surface area contributed by atoms with E-state index in [-0.39, 0.29) is 18.9 Å². The van der Waals surface area contributed by atoms with Crippen molar-refractivity contribution < 1.29 is 38.3 Å². The molecule has 1 unspecified atom stereocenters. The zero-order valence-corrected chi connectivity index (χ0v) is 16.2. The molecule has 0 rings (SSSR count). The first-order chi connectivity index (χ1) is 12.5. The van der Waals surface area contributed by atoms with E-state index < -0.39 is 56.7 Å². The van der Waals surface area contributed by atoms with Crippen molar-refractivity contribution in [2.24, 2.45) is 11.7 Å². The van der Waals surface area contributed by atoms with E-state index in [2.05, 4.69) is 20.5 Å². The highest BCUT2D eigenvalue weighted by Gasteiger charge is 2.30. The van der Waals surface area contributed by atoms with Crippen molar-refractivity contribution in [1.82, 2.24) is 16.0 Å². The number of hydrogen-bond donors (Lipinski definition) is 5. The average molecular weight is 408 g/mol. The Morgan fingerprint density at radius 1 is 1.07 bits per heavy atom. The Morgan fingerprint density at radius 2 is 1.63 bits per heavy atom. The van der Waals surface area contributed by atoms with Gasteiger partial charge in [-0.05, 0) is 23.8 Å². The lowest BCUT2D eigenvalue weighted by molar-refractivity contribution is -0.186. The summed E-state index contributed by atoms with van der Waals surface area (Å²) in [7, 11) is -3.30. The highest BCUT2D eigenvalue weighted by Crippen LogP contribution is 2.10. The molecule has 6 N–H and O–H groups in total. The van der Waals surface area contributed by atoms with Crippen molar-refractivity contribution in [2.75, 3.05) is 13.2 Å². The molecule has 0 heterocycles. The third-order valence-electron chi connectivity index (χ3n) is 3.26. The molecule has 13 heteroatoms. The Morgan fingerprint density at radius 3 is 2.07 bits per heavy atom. The third kappa shape index (κ3) is 10.6. The molecule has 0 radical (unpaired) electrons. The van der Waals surface area contributed by atoms with Crippen LogP contribution in [0.3, 0.4) is 0 Å². The van der Waals surface area contributed by atoms with Gasteiger partial charge in [-0.1, -0.05) is 13.8 Å². The van der Waals surface area contributed by atoms with Crippen LogP contribution < -0.4 is 26.6 Å². The third-order valence-corrected chi connectivity index (χ3v) is 3.62. The van der Waals surface area contributed by atoms with Gasteiger partial charge in [0.25, 0.3) is 0 Å². The van der Waals surface area contributed by atoms with E-state index in [4.69, 9.17) is 5.73 Å². The molecule has 0 aliphatic rings. The van der Waals surface area contributed by atoms with E-state index >= 15 is 0 Å². The zero-order valence-electron chi connectivity index (χ0n) is 15.3. The van der Waals surface area contributed by atoms with Crippen LogP contribution in [0.1, 0.15) is 27.2 Å². The van der Waals surface area contributed by atoms with Crippen molar-refractivity contribution >= 4 is 31.9 Å². The quantitative estimate of drug-likeness (QED) is 0.218. The lowest BCUT2D eigenvalue weighted by Gasteiger charge is -2.22. The van der Waals surface area contributed by atoms with E-state index in [1.807, 2.05) is 0 Å². The van der Waals surface area contributed by atoms with Gasteiger partial charge in [0.15, 0.2) is 0 Å². The minimum Gasteiger partial charge on any atom is -0.566 e. The molecule has 3 amide bonds. The zero-order chi connectivity index (χ0) is 21.1. The fourth-order valence-electron chi connectivity index (χ4n) is 1.95. The number of hydrogen-bond acceptors (Lipinski definition) is 8. The minimum atomic E-state index is -3.30.